The van der Waals surface area contributed by atoms with E-state index < -0.39 is 0 Å². The van der Waals surface area contributed by atoms with Crippen LogP contribution in [0.1, 0.15) is 30.5 Å². The van der Waals surface area contributed by atoms with E-state index >= 15 is 0 Å². The summed E-state index contributed by atoms with van der Waals surface area (Å²) in [7, 11) is 2.15. The van der Waals surface area contributed by atoms with Gasteiger partial charge in [0.15, 0.2) is 0 Å². The lowest BCUT2D eigenvalue weighted by Crippen LogP contribution is -2.57. The molecule has 42 heavy (non-hydrogen) atoms. The maximum Gasteiger partial charge on any atom is 0.318 e. The molecule has 0 radical (unpaired) electrons. The summed E-state index contributed by atoms with van der Waals surface area (Å²) >= 11 is 0. The fraction of sp³-hybridized carbons (Fsp3) is 0.500. The molecule has 3 saturated heterocycles. The monoisotopic (exact) mass is 566 g/mol. The first kappa shape index (κ1) is 26.9. The molecule has 10 heteroatoms. The van der Waals surface area contributed by atoms with E-state index in [0.717, 1.165) is 49.6 Å². The van der Waals surface area contributed by atoms with Gasteiger partial charge in [0.2, 0.25) is 5.91 Å². The van der Waals surface area contributed by atoms with Crippen LogP contribution in [0.2, 0.25) is 0 Å². The molecule has 4 aliphatic heterocycles. The van der Waals surface area contributed by atoms with E-state index in [0.29, 0.717) is 51.3 Å². The van der Waals surface area contributed by atoms with Gasteiger partial charge in [0.25, 0.3) is 0 Å². The summed E-state index contributed by atoms with van der Waals surface area (Å²) in [4.78, 5) is 31.9. The average molecular weight is 567 g/mol. The summed E-state index contributed by atoms with van der Waals surface area (Å²) in [6, 6.07) is 17.8. The van der Waals surface area contributed by atoms with E-state index in [9.17, 15) is 10.1 Å². The first-order valence-electron chi connectivity index (χ1n) is 15.2. The van der Waals surface area contributed by atoms with Crippen molar-refractivity contribution in [2.24, 2.45) is 0 Å². The van der Waals surface area contributed by atoms with Crippen molar-refractivity contribution in [2.75, 3.05) is 62.7 Å². The summed E-state index contributed by atoms with van der Waals surface area (Å²) in [5.74, 6) is 1.00. The van der Waals surface area contributed by atoms with E-state index in [1.807, 2.05) is 4.90 Å². The van der Waals surface area contributed by atoms with E-state index in [1.54, 1.807) is 0 Å². The minimum absolute atomic E-state index is 0.0988. The fourth-order valence-corrected chi connectivity index (χ4v) is 6.82. The third kappa shape index (κ3) is 5.23. The SMILES string of the molecule is CN1CCC[C@H]1COc1nc2c(c(N3CCN(C(=O)[C@@H]4CN4)[C@@H](CC#N)C3)n1)CCN(c1cccc3ccccc13)C2. The Bertz CT molecular complexity index is 1510. The Labute approximate surface area is 246 Å². The van der Waals surface area contributed by atoms with Crippen LogP contribution >= 0.6 is 0 Å². The van der Waals surface area contributed by atoms with Crippen LogP contribution in [0.3, 0.4) is 0 Å². The Hall–Kier alpha value is -3.94. The Morgan fingerprint density at radius 2 is 1.93 bits per heavy atom. The van der Waals surface area contributed by atoms with E-state index in [4.69, 9.17) is 14.7 Å². The number of aromatic nitrogens is 2. The van der Waals surface area contributed by atoms with Crippen LogP contribution in [0.5, 0.6) is 6.01 Å². The number of ether oxygens (including phenoxy) is 1. The normalized spacial score (nSPS) is 24.0. The molecule has 3 atom stereocenters. The van der Waals surface area contributed by atoms with Crippen molar-refractivity contribution < 1.29 is 9.53 Å². The molecule has 10 nitrogen and oxygen atoms in total. The number of fused-ring (bicyclic) bond motifs is 2. The minimum atomic E-state index is -0.170. The molecule has 0 unspecified atom stereocenters. The second-order valence-electron chi connectivity index (χ2n) is 12.0. The second-order valence-corrected chi connectivity index (χ2v) is 12.0. The molecule has 7 rings (SSSR count). The standard InChI is InChI=1S/C32H38N8O2/c1-37-14-5-8-24(37)21-42-32-35-28-20-38(29-10-4-7-22-6-2-3-9-25(22)29)15-12-26(28)30(36-32)39-16-17-40(23(19-39)11-13-33)31(41)27-18-34-27/h2-4,6-7,9-10,23-24,27,34H,5,8,11-12,14-21H2,1H3/t23-,24-,27-/m0/s1. The van der Waals surface area contributed by atoms with Crippen LogP contribution in [-0.4, -0.2) is 96.7 Å². The first-order valence-corrected chi connectivity index (χ1v) is 15.2. The number of carbonyl (C=O) groups is 1. The molecule has 4 aliphatic rings. The van der Waals surface area contributed by atoms with Crippen molar-refractivity contribution in [2.45, 2.75) is 50.4 Å². The van der Waals surface area contributed by atoms with Gasteiger partial charge in [-0.25, -0.2) is 0 Å². The van der Waals surface area contributed by atoms with Crippen molar-refractivity contribution in [3.05, 3.63) is 53.7 Å². The third-order valence-corrected chi connectivity index (χ3v) is 9.31. The molecule has 0 aliphatic carbocycles. The number of nitriles is 1. The van der Waals surface area contributed by atoms with E-state index in [1.165, 1.54) is 22.9 Å². The van der Waals surface area contributed by atoms with Crippen molar-refractivity contribution in [1.82, 2.24) is 25.1 Å². The number of anilines is 2. The summed E-state index contributed by atoms with van der Waals surface area (Å²) in [5.41, 5.74) is 3.35. The maximum absolute atomic E-state index is 13.0. The van der Waals surface area contributed by atoms with Crippen molar-refractivity contribution in [3.63, 3.8) is 0 Å². The molecular weight excluding hydrogens is 528 g/mol. The molecule has 1 N–H and O–H groups in total. The number of hydrogen-bond donors (Lipinski definition) is 1. The van der Waals surface area contributed by atoms with Gasteiger partial charge >= 0.3 is 6.01 Å². The van der Waals surface area contributed by atoms with Gasteiger partial charge in [0.05, 0.1) is 36.8 Å². The number of carbonyl (C=O) groups excluding carboxylic acids is 1. The molecule has 2 aromatic carbocycles. The highest BCUT2D eigenvalue weighted by Gasteiger charge is 2.39. The molecule has 3 fully saturated rings. The highest BCUT2D eigenvalue weighted by molar-refractivity contribution is 5.94. The predicted molar refractivity (Wildman–Crippen MR) is 162 cm³/mol. The highest BCUT2D eigenvalue weighted by Crippen LogP contribution is 2.35. The van der Waals surface area contributed by atoms with Crippen LogP contribution in [0.4, 0.5) is 11.5 Å². The predicted octanol–water partition coefficient (Wildman–Crippen LogP) is 2.57. The Balaban J connectivity index is 1.20. The fourth-order valence-electron chi connectivity index (χ4n) is 6.82. The summed E-state index contributed by atoms with van der Waals surface area (Å²) in [5, 5.41) is 15.2. The number of benzene rings is 2. The van der Waals surface area contributed by atoms with Crippen LogP contribution in [0, 0.1) is 11.3 Å². The van der Waals surface area contributed by atoms with Crippen LogP contribution in [-0.2, 0) is 17.8 Å². The lowest BCUT2D eigenvalue weighted by Gasteiger charge is -2.42. The van der Waals surface area contributed by atoms with Gasteiger partial charge in [-0.05, 0) is 44.3 Å². The zero-order valence-electron chi connectivity index (χ0n) is 24.2. The van der Waals surface area contributed by atoms with Crippen LogP contribution in [0.15, 0.2) is 42.5 Å². The topological polar surface area (TPSA) is 111 Å². The van der Waals surface area contributed by atoms with Crippen LogP contribution in [0.25, 0.3) is 10.8 Å². The number of nitrogens with zero attached hydrogens (tertiary/aromatic N) is 7. The number of likely N-dealkylation sites (N-methyl/N-ethyl adjacent to an activating group) is 1. The highest BCUT2D eigenvalue weighted by atomic mass is 16.5. The molecule has 218 valence electrons. The smallest absolute Gasteiger partial charge is 0.318 e. The summed E-state index contributed by atoms with van der Waals surface area (Å²) in [6.07, 6.45) is 3.41. The average Bonchev–Trinajstić information content (AvgIpc) is 3.80. The number of piperazine rings is 1. The zero-order chi connectivity index (χ0) is 28.6. The van der Waals surface area contributed by atoms with Crippen molar-refractivity contribution >= 4 is 28.2 Å². The molecule has 0 saturated carbocycles. The molecule has 0 spiro atoms. The number of hydrogen-bond acceptors (Lipinski definition) is 9. The van der Waals surface area contributed by atoms with Gasteiger partial charge in [0.1, 0.15) is 12.4 Å². The molecular formula is C32H38N8O2. The maximum atomic E-state index is 13.0. The summed E-state index contributed by atoms with van der Waals surface area (Å²) in [6.45, 7) is 5.73. The molecule has 0 bridgehead atoms. The number of rotatable bonds is 7. The van der Waals surface area contributed by atoms with Gasteiger partial charge in [-0.1, -0.05) is 36.4 Å². The number of amides is 1. The second kappa shape index (κ2) is 11.4. The minimum Gasteiger partial charge on any atom is -0.462 e. The quantitative estimate of drug-likeness (QED) is 0.432. The number of nitrogens with one attached hydrogen (secondary N) is 1. The van der Waals surface area contributed by atoms with E-state index in [-0.39, 0.29) is 18.0 Å². The number of likely N-dealkylation sites (tertiary alicyclic amines) is 1. The van der Waals surface area contributed by atoms with Gasteiger partial charge in [0, 0.05) is 55.4 Å². The largest absolute Gasteiger partial charge is 0.462 e. The van der Waals surface area contributed by atoms with Gasteiger partial charge in [-0.2, -0.15) is 15.2 Å². The van der Waals surface area contributed by atoms with Gasteiger partial charge in [-0.3, -0.25) is 4.79 Å². The molecule has 5 heterocycles. The third-order valence-electron chi connectivity index (χ3n) is 9.31. The Morgan fingerprint density at radius 3 is 2.74 bits per heavy atom. The van der Waals surface area contributed by atoms with Gasteiger partial charge in [-0.15, -0.1) is 0 Å². The Kier molecular flexibility index (Phi) is 7.30. The van der Waals surface area contributed by atoms with Crippen molar-refractivity contribution in [1.29, 1.82) is 5.26 Å². The molecule has 3 aromatic rings. The lowest BCUT2D eigenvalue weighted by molar-refractivity contribution is -0.133. The van der Waals surface area contributed by atoms with Crippen LogP contribution < -0.4 is 19.9 Å². The van der Waals surface area contributed by atoms with E-state index in [2.05, 4.69) is 75.6 Å². The molecule has 1 amide bonds. The Morgan fingerprint density at radius 1 is 1.07 bits per heavy atom. The molecule has 1 aromatic heterocycles. The first-order chi connectivity index (χ1) is 20.6. The van der Waals surface area contributed by atoms with Gasteiger partial charge < -0.3 is 29.7 Å². The summed E-state index contributed by atoms with van der Waals surface area (Å²) < 4.78 is 6.31. The zero-order valence-corrected chi connectivity index (χ0v) is 24.2. The van der Waals surface area contributed by atoms with Crippen molar-refractivity contribution in [3.8, 4) is 12.1 Å². The lowest BCUT2D eigenvalue weighted by atomic mass is 10.0.